The minimum absolute atomic E-state index is 0.239. The van der Waals surface area contributed by atoms with Crippen molar-refractivity contribution < 1.29 is 14.3 Å². The molecule has 0 unspecified atom stereocenters. The maximum Gasteiger partial charge on any atom is 0.255 e. The first-order chi connectivity index (χ1) is 10.7. The first-order valence-electron chi connectivity index (χ1n) is 6.68. The van der Waals surface area contributed by atoms with E-state index >= 15 is 0 Å². The van der Waals surface area contributed by atoms with Crippen molar-refractivity contribution in [3.8, 4) is 11.5 Å². The first kappa shape index (κ1) is 13.9. The number of pyridine rings is 1. The second kappa shape index (κ2) is 5.77. The summed E-state index contributed by atoms with van der Waals surface area (Å²) in [7, 11) is 3.08. The molecule has 0 atom stereocenters. The highest BCUT2D eigenvalue weighted by molar-refractivity contribution is 6.06. The molecular formula is C16H15N3O3. The first-order valence-corrected chi connectivity index (χ1v) is 6.68. The van der Waals surface area contributed by atoms with Gasteiger partial charge in [0.15, 0.2) is 17.1 Å². The van der Waals surface area contributed by atoms with Gasteiger partial charge in [-0.2, -0.15) is 0 Å². The quantitative estimate of drug-likeness (QED) is 0.804. The Kier molecular flexibility index (Phi) is 3.65. The molecule has 1 aromatic carbocycles. The zero-order valence-electron chi connectivity index (χ0n) is 12.2. The van der Waals surface area contributed by atoms with E-state index in [9.17, 15) is 4.79 Å². The summed E-state index contributed by atoms with van der Waals surface area (Å²) < 4.78 is 12.2. The minimum atomic E-state index is -0.239. The van der Waals surface area contributed by atoms with Crippen molar-refractivity contribution in [2.24, 2.45) is 0 Å². The van der Waals surface area contributed by atoms with Gasteiger partial charge < -0.3 is 19.2 Å². The number of nitrogens with one attached hydrogen (secondary N) is 1. The summed E-state index contributed by atoms with van der Waals surface area (Å²) in [6, 6.07) is 8.67. The third-order valence-electron chi connectivity index (χ3n) is 3.31. The van der Waals surface area contributed by atoms with Gasteiger partial charge in [0.25, 0.3) is 5.91 Å². The number of benzene rings is 1. The predicted octanol–water partition coefficient (Wildman–Crippen LogP) is 2.60. The molecule has 0 bridgehead atoms. The number of aromatic nitrogens is 2. The van der Waals surface area contributed by atoms with Crippen LogP contribution in [0.4, 0.5) is 5.69 Å². The SMILES string of the molecule is COc1ccc(C(=O)Nc2cccn3ccnc23)cc1OC. The van der Waals surface area contributed by atoms with Crippen molar-refractivity contribution in [3.05, 3.63) is 54.5 Å². The van der Waals surface area contributed by atoms with Crippen molar-refractivity contribution >= 4 is 17.2 Å². The Balaban J connectivity index is 1.90. The van der Waals surface area contributed by atoms with Gasteiger partial charge in [0.1, 0.15) is 0 Å². The molecule has 0 spiro atoms. The minimum Gasteiger partial charge on any atom is -0.493 e. The molecule has 2 aromatic heterocycles. The van der Waals surface area contributed by atoms with Crippen LogP contribution in [0.15, 0.2) is 48.9 Å². The van der Waals surface area contributed by atoms with Gasteiger partial charge >= 0.3 is 0 Å². The number of imidazole rings is 1. The van der Waals surface area contributed by atoms with Gasteiger partial charge in [-0.15, -0.1) is 0 Å². The lowest BCUT2D eigenvalue weighted by atomic mass is 10.2. The molecule has 0 saturated carbocycles. The van der Waals surface area contributed by atoms with Gasteiger partial charge in [-0.3, -0.25) is 4.79 Å². The number of carbonyl (C=O) groups is 1. The number of carbonyl (C=O) groups excluding carboxylic acids is 1. The van der Waals surface area contributed by atoms with Crippen LogP contribution < -0.4 is 14.8 Å². The van der Waals surface area contributed by atoms with Crippen LogP contribution in [0.3, 0.4) is 0 Å². The molecule has 0 aliphatic rings. The fraction of sp³-hybridized carbons (Fsp3) is 0.125. The summed E-state index contributed by atoms with van der Waals surface area (Å²) in [5, 5.41) is 2.86. The van der Waals surface area contributed by atoms with Crippen LogP contribution in [0.25, 0.3) is 5.65 Å². The predicted molar refractivity (Wildman–Crippen MR) is 82.7 cm³/mol. The Labute approximate surface area is 127 Å². The molecule has 2 heterocycles. The summed E-state index contributed by atoms with van der Waals surface area (Å²) in [6.45, 7) is 0. The average molecular weight is 297 g/mol. The van der Waals surface area contributed by atoms with Crippen LogP contribution in [0, 0.1) is 0 Å². The molecule has 3 rings (SSSR count). The number of fused-ring (bicyclic) bond motifs is 1. The van der Waals surface area contributed by atoms with Gasteiger partial charge in [0, 0.05) is 24.2 Å². The number of amides is 1. The highest BCUT2D eigenvalue weighted by atomic mass is 16.5. The van der Waals surface area contributed by atoms with E-state index in [-0.39, 0.29) is 5.91 Å². The molecule has 112 valence electrons. The number of ether oxygens (including phenoxy) is 2. The van der Waals surface area contributed by atoms with Crippen LogP contribution in [0.2, 0.25) is 0 Å². The third-order valence-corrected chi connectivity index (χ3v) is 3.31. The number of hydrogen-bond donors (Lipinski definition) is 1. The lowest BCUT2D eigenvalue weighted by molar-refractivity contribution is 0.102. The molecule has 0 aliphatic carbocycles. The summed E-state index contributed by atoms with van der Waals surface area (Å²) in [5.41, 5.74) is 1.81. The zero-order valence-corrected chi connectivity index (χ0v) is 12.2. The van der Waals surface area contributed by atoms with Gasteiger partial charge in [0.05, 0.1) is 19.9 Å². The molecule has 22 heavy (non-hydrogen) atoms. The van der Waals surface area contributed by atoms with Gasteiger partial charge in [-0.25, -0.2) is 4.98 Å². The standard InChI is InChI=1S/C16H15N3O3/c1-21-13-6-5-11(10-14(13)22-2)16(20)18-12-4-3-8-19-9-7-17-15(12)19/h3-10H,1-2H3,(H,18,20). The monoisotopic (exact) mass is 297 g/mol. The molecule has 3 aromatic rings. The van der Waals surface area contributed by atoms with E-state index in [2.05, 4.69) is 10.3 Å². The van der Waals surface area contributed by atoms with Crippen LogP contribution >= 0.6 is 0 Å². The summed E-state index contributed by atoms with van der Waals surface area (Å²) in [4.78, 5) is 16.6. The molecule has 0 radical (unpaired) electrons. The largest absolute Gasteiger partial charge is 0.493 e. The highest BCUT2D eigenvalue weighted by Crippen LogP contribution is 2.28. The fourth-order valence-corrected chi connectivity index (χ4v) is 2.22. The molecule has 1 N–H and O–H groups in total. The van der Waals surface area contributed by atoms with Crippen LogP contribution in [-0.2, 0) is 0 Å². The van der Waals surface area contributed by atoms with Gasteiger partial charge in [0.2, 0.25) is 0 Å². The number of anilines is 1. The Hall–Kier alpha value is -3.02. The van der Waals surface area contributed by atoms with Crippen molar-refractivity contribution in [2.45, 2.75) is 0 Å². The van der Waals surface area contributed by atoms with Gasteiger partial charge in [-0.1, -0.05) is 0 Å². The van der Waals surface area contributed by atoms with Crippen molar-refractivity contribution in [2.75, 3.05) is 19.5 Å². The Morgan fingerprint density at radius 1 is 1.14 bits per heavy atom. The number of rotatable bonds is 4. The van der Waals surface area contributed by atoms with E-state index in [1.807, 2.05) is 22.9 Å². The number of methoxy groups -OCH3 is 2. The lowest BCUT2D eigenvalue weighted by Gasteiger charge is -2.10. The maximum absolute atomic E-state index is 12.4. The smallest absolute Gasteiger partial charge is 0.255 e. The molecule has 0 aliphatic heterocycles. The van der Waals surface area contributed by atoms with Crippen LogP contribution in [0.1, 0.15) is 10.4 Å². The second-order valence-corrected chi connectivity index (χ2v) is 4.60. The third kappa shape index (κ3) is 2.46. The average Bonchev–Trinajstić information content (AvgIpc) is 3.03. The number of nitrogens with zero attached hydrogens (tertiary/aromatic N) is 2. The van der Waals surface area contributed by atoms with Crippen LogP contribution in [-0.4, -0.2) is 29.5 Å². The van der Waals surface area contributed by atoms with Crippen molar-refractivity contribution in [1.82, 2.24) is 9.38 Å². The Morgan fingerprint density at radius 3 is 2.73 bits per heavy atom. The summed E-state index contributed by atoms with van der Waals surface area (Å²) in [5.74, 6) is 0.848. The van der Waals surface area contributed by atoms with Crippen LogP contribution in [0.5, 0.6) is 11.5 Å². The van der Waals surface area contributed by atoms with E-state index in [1.54, 1.807) is 37.6 Å². The van der Waals surface area contributed by atoms with Crippen molar-refractivity contribution in [1.29, 1.82) is 0 Å². The molecule has 6 nitrogen and oxygen atoms in total. The molecule has 1 amide bonds. The Bertz CT molecular complexity index is 826. The Morgan fingerprint density at radius 2 is 1.95 bits per heavy atom. The highest BCUT2D eigenvalue weighted by Gasteiger charge is 2.12. The van der Waals surface area contributed by atoms with E-state index < -0.39 is 0 Å². The van der Waals surface area contributed by atoms with E-state index in [1.165, 1.54) is 7.11 Å². The summed E-state index contributed by atoms with van der Waals surface area (Å²) >= 11 is 0. The zero-order chi connectivity index (χ0) is 15.5. The van der Waals surface area contributed by atoms with Crippen molar-refractivity contribution in [3.63, 3.8) is 0 Å². The normalized spacial score (nSPS) is 10.5. The lowest BCUT2D eigenvalue weighted by Crippen LogP contribution is -2.13. The molecule has 0 fully saturated rings. The molecular weight excluding hydrogens is 282 g/mol. The van der Waals surface area contributed by atoms with E-state index in [4.69, 9.17) is 9.47 Å². The van der Waals surface area contributed by atoms with E-state index in [0.717, 1.165) is 0 Å². The molecule has 0 saturated heterocycles. The second-order valence-electron chi connectivity index (χ2n) is 4.60. The fourth-order valence-electron chi connectivity index (χ4n) is 2.22. The molecule has 6 heteroatoms. The maximum atomic E-state index is 12.4. The topological polar surface area (TPSA) is 64.9 Å². The summed E-state index contributed by atoms with van der Waals surface area (Å²) in [6.07, 6.45) is 5.37. The van der Waals surface area contributed by atoms with E-state index in [0.29, 0.717) is 28.4 Å². The van der Waals surface area contributed by atoms with Gasteiger partial charge in [-0.05, 0) is 30.3 Å². The number of hydrogen-bond acceptors (Lipinski definition) is 4.